The monoisotopic (exact) mass is 497 g/mol. The van der Waals surface area contributed by atoms with E-state index in [2.05, 4.69) is 22.2 Å². The number of hydrogen-bond donors (Lipinski definition) is 0. The van der Waals surface area contributed by atoms with Gasteiger partial charge in [-0.05, 0) is 26.2 Å². The third-order valence-corrected chi connectivity index (χ3v) is 7.66. The Morgan fingerprint density at radius 3 is 2.79 bits per heavy atom. The van der Waals surface area contributed by atoms with Crippen LogP contribution in [0.2, 0.25) is 5.15 Å². The molecule has 0 N–H and O–H groups in total. The molecular weight excluding hydrogens is 470 g/mol. The van der Waals surface area contributed by atoms with Crippen LogP contribution in [0.3, 0.4) is 0 Å². The van der Waals surface area contributed by atoms with Gasteiger partial charge < -0.3 is 18.9 Å². The molecule has 3 fully saturated rings. The fourth-order valence-corrected chi connectivity index (χ4v) is 5.88. The smallest absolute Gasteiger partial charge is 0.332 e. The molecule has 0 aromatic carbocycles. The van der Waals surface area contributed by atoms with Gasteiger partial charge in [0.15, 0.2) is 27.3 Å². The first-order valence-electron chi connectivity index (χ1n) is 11.6. The van der Waals surface area contributed by atoms with Gasteiger partial charge >= 0.3 is 5.97 Å². The maximum Gasteiger partial charge on any atom is 0.332 e. The molecule has 33 heavy (non-hydrogen) atoms. The maximum atomic E-state index is 11.9. The van der Waals surface area contributed by atoms with Crippen LogP contribution in [-0.2, 0) is 23.7 Å². The molecule has 4 atom stereocenters. The summed E-state index contributed by atoms with van der Waals surface area (Å²) in [4.78, 5) is 21.0. The van der Waals surface area contributed by atoms with Gasteiger partial charge in [0.05, 0.1) is 18.8 Å². The Morgan fingerprint density at radius 1 is 1.24 bits per heavy atom. The zero-order valence-electron chi connectivity index (χ0n) is 18.7. The fraction of sp³-hybridized carbons (Fsp3) is 0.762. The van der Waals surface area contributed by atoms with Crippen molar-refractivity contribution in [1.82, 2.24) is 25.0 Å². The predicted molar refractivity (Wildman–Crippen MR) is 120 cm³/mol. The topological polar surface area (TPSA) is 110 Å². The van der Waals surface area contributed by atoms with E-state index in [0.717, 1.165) is 37.9 Å². The summed E-state index contributed by atoms with van der Waals surface area (Å²) < 4.78 is 25.8. The summed E-state index contributed by atoms with van der Waals surface area (Å²) in [5, 5.41) is 9.51. The number of halogens is 1. The Balaban J connectivity index is 1.44. The highest BCUT2D eigenvalue weighted by Gasteiger charge is 2.59. The normalized spacial score (nSPS) is 28.1. The highest BCUT2D eigenvalue weighted by atomic mass is 35.5. The number of carbonyl (C=O) groups excluding carboxylic acids is 1. The third kappa shape index (κ3) is 4.45. The van der Waals surface area contributed by atoms with E-state index in [-0.39, 0.29) is 36.1 Å². The van der Waals surface area contributed by atoms with Crippen molar-refractivity contribution < 1.29 is 23.7 Å². The number of thioether (sulfide) groups is 1. The SMILES string of the molecule is CCCSc1nc(Cl)c2nnn([C@@H]3C[C@H](OCC(=O)OCC)[C@H]4OC5(CCCC5)O[C@H]43)c2n1. The van der Waals surface area contributed by atoms with E-state index in [9.17, 15) is 4.79 Å². The van der Waals surface area contributed by atoms with Gasteiger partial charge in [-0.3, -0.25) is 0 Å². The van der Waals surface area contributed by atoms with E-state index < -0.39 is 11.8 Å². The fourth-order valence-electron chi connectivity index (χ4n) is 4.94. The zero-order valence-corrected chi connectivity index (χ0v) is 20.3. The van der Waals surface area contributed by atoms with Gasteiger partial charge in [0.1, 0.15) is 18.8 Å². The molecular formula is C21H28ClN5O5S. The summed E-state index contributed by atoms with van der Waals surface area (Å²) in [5.41, 5.74) is 1.03. The van der Waals surface area contributed by atoms with Crippen LogP contribution in [0.4, 0.5) is 0 Å². The van der Waals surface area contributed by atoms with E-state index in [1.165, 1.54) is 0 Å². The molecule has 180 valence electrons. The molecule has 12 heteroatoms. The number of nitrogens with zero attached hydrogens (tertiary/aromatic N) is 5. The second kappa shape index (κ2) is 9.61. The Bertz CT molecular complexity index is 1020. The quantitative estimate of drug-likeness (QED) is 0.233. The molecule has 10 nitrogen and oxygen atoms in total. The second-order valence-corrected chi connectivity index (χ2v) is 10.0. The minimum Gasteiger partial charge on any atom is -0.464 e. The van der Waals surface area contributed by atoms with Crippen LogP contribution in [0.1, 0.15) is 58.4 Å². The van der Waals surface area contributed by atoms with Crippen LogP contribution in [0.25, 0.3) is 11.2 Å². The summed E-state index contributed by atoms with van der Waals surface area (Å²) in [6, 6.07) is -0.220. The van der Waals surface area contributed by atoms with E-state index in [1.807, 2.05) is 0 Å². The molecule has 2 aromatic heterocycles. The molecule has 0 radical (unpaired) electrons. The van der Waals surface area contributed by atoms with Gasteiger partial charge in [0.2, 0.25) is 0 Å². The molecule has 1 saturated heterocycles. The number of rotatable bonds is 8. The Kier molecular flexibility index (Phi) is 6.76. The Hall–Kier alpha value is -1.53. The van der Waals surface area contributed by atoms with Gasteiger partial charge in [-0.1, -0.05) is 35.5 Å². The molecule has 3 heterocycles. The van der Waals surface area contributed by atoms with Crippen LogP contribution in [0.15, 0.2) is 5.16 Å². The molecule has 0 unspecified atom stereocenters. The Morgan fingerprint density at radius 2 is 2.03 bits per heavy atom. The summed E-state index contributed by atoms with van der Waals surface area (Å²) in [6.45, 7) is 4.06. The lowest BCUT2D eigenvalue weighted by molar-refractivity contribution is -0.191. The zero-order chi connectivity index (χ0) is 23.0. The Labute approximate surface area is 201 Å². The lowest BCUT2D eigenvalue weighted by atomic mass is 10.2. The number of aromatic nitrogens is 5. The summed E-state index contributed by atoms with van der Waals surface area (Å²) in [7, 11) is 0. The van der Waals surface area contributed by atoms with Crippen LogP contribution in [0, 0.1) is 0 Å². The largest absolute Gasteiger partial charge is 0.464 e. The molecule has 2 saturated carbocycles. The predicted octanol–water partition coefficient (Wildman–Crippen LogP) is 3.32. The van der Waals surface area contributed by atoms with E-state index in [4.69, 9.17) is 35.5 Å². The van der Waals surface area contributed by atoms with Crippen molar-refractivity contribution >= 4 is 40.5 Å². The van der Waals surface area contributed by atoms with Crippen LogP contribution in [-0.4, -0.2) is 74.0 Å². The van der Waals surface area contributed by atoms with Crippen molar-refractivity contribution in [3.05, 3.63) is 5.15 Å². The summed E-state index contributed by atoms with van der Waals surface area (Å²) >= 11 is 7.95. The highest BCUT2D eigenvalue weighted by Crippen LogP contribution is 2.50. The van der Waals surface area contributed by atoms with Crippen molar-refractivity contribution in [3.63, 3.8) is 0 Å². The number of esters is 1. The van der Waals surface area contributed by atoms with Gasteiger partial charge in [0.25, 0.3) is 0 Å². The lowest BCUT2D eigenvalue weighted by Crippen LogP contribution is -2.33. The molecule has 5 rings (SSSR count). The molecule has 1 aliphatic heterocycles. The van der Waals surface area contributed by atoms with E-state index in [0.29, 0.717) is 29.3 Å². The number of fused-ring (bicyclic) bond motifs is 2. The van der Waals surface area contributed by atoms with Crippen LogP contribution >= 0.6 is 23.4 Å². The molecule has 2 aromatic rings. The van der Waals surface area contributed by atoms with Gasteiger partial charge in [0, 0.05) is 25.0 Å². The number of carbonyl (C=O) groups is 1. The minimum atomic E-state index is -0.593. The van der Waals surface area contributed by atoms with Crippen molar-refractivity contribution in [1.29, 1.82) is 0 Å². The molecule has 1 spiro atoms. The molecule has 3 aliphatic rings. The summed E-state index contributed by atoms with van der Waals surface area (Å²) in [6.07, 6.45) is 4.42. The van der Waals surface area contributed by atoms with Gasteiger partial charge in [-0.15, -0.1) is 5.10 Å². The summed E-state index contributed by atoms with van der Waals surface area (Å²) in [5.74, 6) is -0.0961. The number of ether oxygens (including phenoxy) is 4. The average molecular weight is 498 g/mol. The minimum absolute atomic E-state index is 0.130. The van der Waals surface area contributed by atoms with E-state index >= 15 is 0 Å². The van der Waals surface area contributed by atoms with Crippen molar-refractivity contribution in [2.75, 3.05) is 19.0 Å². The van der Waals surface area contributed by atoms with Crippen molar-refractivity contribution in [2.45, 2.75) is 87.7 Å². The first-order chi connectivity index (χ1) is 16.0. The molecule has 0 bridgehead atoms. The maximum absolute atomic E-state index is 11.9. The third-order valence-electron chi connectivity index (χ3n) is 6.34. The molecule has 2 aliphatic carbocycles. The standard InChI is InChI=1S/C21H28ClN5O5S/c1-3-9-33-20-23-18(22)15-19(24-20)27(26-25-15)12-10-13(30-11-14(28)29-4-2)17-16(12)31-21(32-17)7-5-6-8-21/h12-13,16-17H,3-11H2,1-2H3/t12-,13+,16+,17-/m1/s1. The van der Waals surface area contributed by atoms with Gasteiger partial charge in [-0.2, -0.15) is 0 Å². The van der Waals surface area contributed by atoms with Crippen LogP contribution in [0.5, 0.6) is 0 Å². The van der Waals surface area contributed by atoms with Crippen molar-refractivity contribution in [3.8, 4) is 0 Å². The van der Waals surface area contributed by atoms with Crippen LogP contribution < -0.4 is 0 Å². The first kappa shape index (κ1) is 23.2. The number of hydrogen-bond acceptors (Lipinski definition) is 10. The highest BCUT2D eigenvalue weighted by molar-refractivity contribution is 7.99. The molecule has 0 amide bonds. The first-order valence-corrected chi connectivity index (χ1v) is 12.9. The van der Waals surface area contributed by atoms with Gasteiger partial charge in [-0.25, -0.2) is 19.4 Å². The second-order valence-electron chi connectivity index (χ2n) is 8.59. The van der Waals surface area contributed by atoms with Crippen molar-refractivity contribution in [2.24, 2.45) is 0 Å². The van der Waals surface area contributed by atoms with E-state index in [1.54, 1.807) is 23.4 Å². The lowest BCUT2D eigenvalue weighted by Gasteiger charge is -2.26. The average Bonchev–Trinajstić information content (AvgIpc) is 3.56.